The fourth-order valence-electron chi connectivity index (χ4n) is 4.89. The maximum atomic E-state index is 13.3. The fourth-order valence-corrected chi connectivity index (χ4v) is 4.89. The van der Waals surface area contributed by atoms with E-state index in [2.05, 4.69) is 12.2 Å². The van der Waals surface area contributed by atoms with Gasteiger partial charge in [0.2, 0.25) is 0 Å². The summed E-state index contributed by atoms with van der Waals surface area (Å²) in [4.78, 5) is 26.5. The minimum atomic E-state index is -1.58. The largest absolute Gasteiger partial charge is 0.324 e. The molecule has 0 aliphatic heterocycles. The molecular weight excluding hydrogens is 456 g/mol. The van der Waals surface area contributed by atoms with Crippen molar-refractivity contribution in [2.75, 3.05) is 5.32 Å². The number of rotatable bonds is 21. The summed E-state index contributed by atoms with van der Waals surface area (Å²) in [6, 6.07) is 18.1. The fraction of sp³-hybridized carbons (Fsp3) is 0.576. The summed E-state index contributed by atoms with van der Waals surface area (Å²) in [5, 5.41) is 2.85. The Labute approximate surface area is 225 Å². The highest BCUT2D eigenvalue weighted by Gasteiger charge is 2.41. The molecule has 1 amide bonds. The number of para-hydroxylation sites is 1. The number of unbranched alkanes of at least 4 members (excludes halogenated alkanes) is 15. The first-order valence-corrected chi connectivity index (χ1v) is 14.8. The van der Waals surface area contributed by atoms with Gasteiger partial charge >= 0.3 is 0 Å². The Hall–Kier alpha value is -2.46. The lowest BCUT2D eigenvalue weighted by Crippen LogP contribution is -2.57. The van der Waals surface area contributed by atoms with Crippen LogP contribution < -0.4 is 11.1 Å². The molecule has 0 aliphatic carbocycles. The van der Waals surface area contributed by atoms with E-state index in [0.717, 1.165) is 19.3 Å². The molecule has 2 aromatic rings. The van der Waals surface area contributed by atoms with Crippen LogP contribution in [-0.2, 0) is 4.79 Å². The third kappa shape index (κ3) is 12.1. The lowest BCUT2D eigenvalue weighted by atomic mass is 9.84. The summed E-state index contributed by atoms with van der Waals surface area (Å²) in [5.41, 5.74) is 6.11. The molecule has 0 spiro atoms. The molecule has 37 heavy (non-hydrogen) atoms. The number of nitrogens with one attached hydrogen (secondary N) is 1. The number of hydrogen-bond acceptors (Lipinski definition) is 3. The van der Waals surface area contributed by atoms with Crippen molar-refractivity contribution in [3.05, 3.63) is 66.2 Å². The van der Waals surface area contributed by atoms with Gasteiger partial charge in [-0.15, -0.1) is 0 Å². The predicted octanol–water partition coefficient (Wildman–Crippen LogP) is 8.86. The number of benzene rings is 2. The SMILES string of the molecule is CCCCCCCCCCCCCCCCCCC(N)(C(=O)Nc1ccccc1)C(=O)c1ccccc1. The Morgan fingerprint density at radius 2 is 1.03 bits per heavy atom. The van der Waals surface area contributed by atoms with Gasteiger partial charge in [0, 0.05) is 11.3 Å². The Morgan fingerprint density at radius 3 is 1.49 bits per heavy atom. The first-order chi connectivity index (χ1) is 18.1. The molecule has 1 unspecified atom stereocenters. The second kappa shape index (κ2) is 18.7. The molecule has 0 fully saturated rings. The van der Waals surface area contributed by atoms with Crippen molar-refractivity contribution in [3.8, 4) is 0 Å². The number of hydrogen-bond donors (Lipinski definition) is 2. The van der Waals surface area contributed by atoms with Crippen LogP contribution in [0.15, 0.2) is 60.7 Å². The molecule has 204 valence electrons. The van der Waals surface area contributed by atoms with Gasteiger partial charge in [0.1, 0.15) is 0 Å². The van der Waals surface area contributed by atoms with Gasteiger partial charge in [-0.25, -0.2) is 0 Å². The smallest absolute Gasteiger partial charge is 0.252 e. The second-order valence-electron chi connectivity index (χ2n) is 10.5. The van der Waals surface area contributed by atoms with Gasteiger partial charge in [-0.05, 0) is 18.6 Å². The first kappa shape index (κ1) is 30.8. The monoisotopic (exact) mass is 506 g/mol. The number of carbonyl (C=O) groups is 2. The van der Waals surface area contributed by atoms with E-state index in [1.165, 1.54) is 83.5 Å². The topological polar surface area (TPSA) is 72.2 Å². The van der Waals surface area contributed by atoms with Crippen molar-refractivity contribution in [1.82, 2.24) is 0 Å². The van der Waals surface area contributed by atoms with Gasteiger partial charge < -0.3 is 11.1 Å². The van der Waals surface area contributed by atoms with Crippen molar-refractivity contribution in [3.63, 3.8) is 0 Å². The molecular formula is C33H50N2O2. The molecule has 0 aromatic heterocycles. The van der Waals surface area contributed by atoms with Gasteiger partial charge in [0.25, 0.3) is 5.91 Å². The zero-order chi connectivity index (χ0) is 26.6. The Balaban J connectivity index is 1.66. The van der Waals surface area contributed by atoms with E-state index in [4.69, 9.17) is 5.73 Å². The van der Waals surface area contributed by atoms with Crippen LogP contribution in [0, 0.1) is 0 Å². The molecule has 4 heteroatoms. The molecule has 0 aliphatic rings. The molecule has 0 bridgehead atoms. The van der Waals surface area contributed by atoms with Crippen LogP contribution in [-0.4, -0.2) is 17.2 Å². The third-order valence-corrected chi connectivity index (χ3v) is 7.30. The van der Waals surface area contributed by atoms with Crippen LogP contribution in [0.1, 0.15) is 126 Å². The summed E-state index contributed by atoms with van der Waals surface area (Å²) in [5.74, 6) is -0.754. The Morgan fingerprint density at radius 1 is 0.622 bits per heavy atom. The molecule has 4 nitrogen and oxygen atoms in total. The van der Waals surface area contributed by atoms with E-state index >= 15 is 0 Å². The number of carbonyl (C=O) groups excluding carboxylic acids is 2. The average Bonchev–Trinajstić information content (AvgIpc) is 2.93. The normalized spacial score (nSPS) is 12.7. The summed E-state index contributed by atoms with van der Waals surface area (Å²) in [6.07, 6.45) is 20.8. The standard InChI is InChI=1S/C33H50N2O2/c1-2-3-4-5-6-7-8-9-10-11-12-13-14-15-16-23-28-33(34,31(36)29-24-19-17-20-25-29)32(37)35-30-26-21-18-22-27-30/h17-22,24-27H,2-16,23,28,34H2,1H3,(H,35,37). The van der Waals surface area contributed by atoms with Crippen LogP contribution in [0.25, 0.3) is 0 Å². The number of anilines is 1. The van der Waals surface area contributed by atoms with Crippen LogP contribution in [0.3, 0.4) is 0 Å². The number of amides is 1. The van der Waals surface area contributed by atoms with Gasteiger partial charge in [0.05, 0.1) is 0 Å². The molecule has 3 N–H and O–H groups in total. The molecule has 0 saturated heterocycles. The van der Waals surface area contributed by atoms with Gasteiger partial charge in [-0.2, -0.15) is 0 Å². The van der Waals surface area contributed by atoms with E-state index < -0.39 is 11.4 Å². The maximum absolute atomic E-state index is 13.3. The third-order valence-electron chi connectivity index (χ3n) is 7.30. The minimum Gasteiger partial charge on any atom is -0.324 e. The zero-order valence-electron chi connectivity index (χ0n) is 23.2. The summed E-state index contributed by atoms with van der Waals surface area (Å²) in [6.45, 7) is 2.27. The Kier molecular flexibility index (Phi) is 15.6. The lowest BCUT2D eigenvalue weighted by Gasteiger charge is -2.27. The first-order valence-electron chi connectivity index (χ1n) is 14.8. The molecule has 2 rings (SSSR count). The van der Waals surface area contributed by atoms with E-state index in [1.54, 1.807) is 36.4 Å². The maximum Gasteiger partial charge on any atom is 0.252 e. The number of Topliss-reactive ketones (excluding diaryl/α,β-unsaturated/α-hetero) is 1. The van der Waals surface area contributed by atoms with E-state index in [1.807, 2.05) is 24.3 Å². The van der Waals surface area contributed by atoms with Crippen LogP contribution >= 0.6 is 0 Å². The minimum absolute atomic E-state index is 0.317. The van der Waals surface area contributed by atoms with Crippen molar-refractivity contribution >= 4 is 17.4 Å². The van der Waals surface area contributed by atoms with Gasteiger partial charge in [0.15, 0.2) is 11.3 Å². The van der Waals surface area contributed by atoms with Crippen molar-refractivity contribution in [2.45, 2.75) is 122 Å². The highest BCUT2D eigenvalue weighted by atomic mass is 16.2. The Bertz CT molecular complexity index is 868. The molecule has 1 atom stereocenters. The highest BCUT2D eigenvalue weighted by Crippen LogP contribution is 2.22. The summed E-state index contributed by atoms with van der Waals surface area (Å²) < 4.78 is 0. The zero-order valence-corrected chi connectivity index (χ0v) is 23.2. The van der Waals surface area contributed by atoms with Crippen molar-refractivity contribution < 1.29 is 9.59 Å². The average molecular weight is 507 g/mol. The highest BCUT2D eigenvalue weighted by molar-refractivity contribution is 6.21. The van der Waals surface area contributed by atoms with Gasteiger partial charge in [-0.1, -0.05) is 158 Å². The van der Waals surface area contributed by atoms with E-state index in [0.29, 0.717) is 17.7 Å². The van der Waals surface area contributed by atoms with Gasteiger partial charge in [-0.3, -0.25) is 9.59 Å². The number of nitrogens with two attached hydrogens (primary N) is 1. The molecule has 0 saturated carbocycles. The predicted molar refractivity (Wildman–Crippen MR) is 157 cm³/mol. The molecule has 0 radical (unpaired) electrons. The van der Waals surface area contributed by atoms with Crippen LogP contribution in [0.4, 0.5) is 5.69 Å². The van der Waals surface area contributed by atoms with Crippen molar-refractivity contribution in [2.24, 2.45) is 5.73 Å². The van der Waals surface area contributed by atoms with Crippen LogP contribution in [0.2, 0.25) is 0 Å². The summed E-state index contributed by atoms with van der Waals surface area (Å²) in [7, 11) is 0. The number of ketones is 1. The lowest BCUT2D eigenvalue weighted by molar-refractivity contribution is -0.119. The van der Waals surface area contributed by atoms with Crippen molar-refractivity contribution in [1.29, 1.82) is 0 Å². The van der Waals surface area contributed by atoms with E-state index in [9.17, 15) is 9.59 Å². The quantitative estimate of drug-likeness (QED) is 0.101. The van der Waals surface area contributed by atoms with Crippen LogP contribution in [0.5, 0.6) is 0 Å². The van der Waals surface area contributed by atoms with E-state index in [-0.39, 0.29) is 5.78 Å². The molecule has 0 heterocycles. The second-order valence-corrected chi connectivity index (χ2v) is 10.5. The molecule has 2 aromatic carbocycles. The summed E-state index contributed by atoms with van der Waals surface area (Å²) >= 11 is 0.